The molecule has 7 nitrogen and oxygen atoms in total. The summed E-state index contributed by atoms with van der Waals surface area (Å²) < 4.78 is 6.43. The number of benzene rings is 2. The number of phenolic OH excluding ortho intramolecular Hbond substituents is 1. The van der Waals surface area contributed by atoms with Crippen molar-refractivity contribution in [3.05, 3.63) is 50.9 Å². The summed E-state index contributed by atoms with van der Waals surface area (Å²) in [4.78, 5) is 24.3. The highest BCUT2D eigenvalue weighted by atomic mass is 79.9. The molecule has 0 saturated heterocycles. The van der Waals surface area contributed by atoms with Crippen LogP contribution in [0.15, 0.2) is 50.4 Å². The Morgan fingerprint density at radius 1 is 1.22 bits per heavy atom. The minimum atomic E-state index is -0.972. The smallest absolute Gasteiger partial charge is 0.252 e. The number of methoxy groups -OCH3 is 1. The molecule has 0 fully saturated rings. The van der Waals surface area contributed by atoms with Gasteiger partial charge in [-0.15, -0.1) is 0 Å². The number of halogens is 2. The van der Waals surface area contributed by atoms with E-state index in [4.69, 9.17) is 4.74 Å². The third kappa shape index (κ3) is 5.54. The van der Waals surface area contributed by atoms with Gasteiger partial charge >= 0.3 is 0 Å². The Morgan fingerprint density at radius 2 is 1.93 bits per heavy atom. The summed E-state index contributed by atoms with van der Waals surface area (Å²) in [6.07, 6.45) is 1.26. The number of hydrogen-bond donors (Lipinski definition) is 3. The molecule has 0 aliphatic rings. The van der Waals surface area contributed by atoms with Crippen LogP contribution in [0, 0.1) is 5.92 Å². The van der Waals surface area contributed by atoms with Crippen LogP contribution in [-0.2, 0) is 9.59 Å². The maximum Gasteiger partial charge on any atom is 0.252 e. The molecule has 27 heavy (non-hydrogen) atoms. The number of amides is 2. The van der Waals surface area contributed by atoms with Gasteiger partial charge in [-0.05, 0) is 47.1 Å². The fourth-order valence-corrected chi connectivity index (χ4v) is 2.87. The molecule has 0 aliphatic heterocycles. The Morgan fingerprint density at radius 3 is 2.59 bits per heavy atom. The van der Waals surface area contributed by atoms with Crippen LogP contribution in [0.2, 0.25) is 0 Å². The number of carbonyl (C=O) groups is 2. The maximum absolute atomic E-state index is 12.2. The second-order valence-corrected chi connectivity index (χ2v) is 7.24. The molecule has 1 atom stereocenters. The number of aromatic hydroxyl groups is 1. The summed E-state index contributed by atoms with van der Waals surface area (Å²) in [6.45, 7) is 1.47. The van der Waals surface area contributed by atoms with Crippen LogP contribution >= 0.6 is 31.9 Å². The van der Waals surface area contributed by atoms with Gasteiger partial charge in [-0.2, -0.15) is 5.10 Å². The van der Waals surface area contributed by atoms with E-state index < -0.39 is 17.7 Å². The van der Waals surface area contributed by atoms with E-state index >= 15 is 0 Å². The van der Waals surface area contributed by atoms with E-state index in [1.807, 2.05) is 6.07 Å². The minimum absolute atomic E-state index is 0.113. The number of hydrogen-bond acceptors (Lipinski definition) is 5. The highest BCUT2D eigenvalue weighted by Gasteiger charge is 2.21. The summed E-state index contributed by atoms with van der Waals surface area (Å²) in [5, 5.41) is 16.5. The second-order valence-electron chi connectivity index (χ2n) is 5.47. The molecular formula is C18H17Br2N3O4. The zero-order valence-electron chi connectivity index (χ0n) is 14.5. The molecule has 0 saturated carbocycles. The Bertz CT molecular complexity index is 887. The van der Waals surface area contributed by atoms with Crippen molar-refractivity contribution in [2.45, 2.75) is 6.92 Å². The molecule has 2 aromatic carbocycles. The Balaban J connectivity index is 2.00. The predicted molar refractivity (Wildman–Crippen MR) is 110 cm³/mol. The van der Waals surface area contributed by atoms with E-state index in [0.29, 0.717) is 20.2 Å². The minimum Gasteiger partial charge on any atom is -0.504 e. The lowest BCUT2D eigenvalue weighted by atomic mass is 10.1. The van der Waals surface area contributed by atoms with E-state index in [9.17, 15) is 14.7 Å². The van der Waals surface area contributed by atoms with Crippen molar-refractivity contribution in [2.24, 2.45) is 11.0 Å². The lowest BCUT2D eigenvalue weighted by molar-refractivity contribution is -0.131. The number of hydrazone groups is 1. The lowest BCUT2D eigenvalue weighted by Crippen LogP contribution is -2.34. The Labute approximate surface area is 173 Å². The Kier molecular flexibility index (Phi) is 7.37. The van der Waals surface area contributed by atoms with Crippen LogP contribution < -0.4 is 15.5 Å². The first-order valence-electron chi connectivity index (χ1n) is 7.78. The zero-order chi connectivity index (χ0) is 20.0. The van der Waals surface area contributed by atoms with Crippen LogP contribution in [0.1, 0.15) is 12.5 Å². The van der Waals surface area contributed by atoms with E-state index in [2.05, 4.69) is 47.7 Å². The highest BCUT2D eigenvalue weighted by Crippen LogP contribution is 2.32. The summed E-state index contributed by atoms with van der Waals surface area (Å²) in [5.41, 5.74) is 3.19. The number of ether oxygens (including phenoxy) is 1. The quantitative estimate of drug-likeness (QED) is 0.321. The molecule has 0 aliphatic carbocycles. The maximum atomic E-state index is 12.2. The van der Waals surface area contributed by atoms with Crippen LogP contribution in [0.3, 0.4) is 0 Å². The van der Waals surface area contributed by atoms with Crippen molar-refractivity contribution in [3.8, 4) is 11.5 Å². The molecule has 3 N–H and O–H groups in total. The lowest BCUT2D eigenvalue weighted by Gasteiger charge is -2.12. The first kappa shape index (κ1) is 20.9. The largest absolute Gasteiger partial charge is 0.504 e. The summed E-state index contributed by atoms with van der Waals surface area (Å²) >= 11 is 6.62. The van der Waals surface area contributed by atoms with Crippen LogP contribution in [0.4, 0.5) is 5.69 Å². The van der Waals surface area contributed by atoms with Gasteiger partial charge < -0.3 is 15.2 Å². The molecule has 0 bridgehead atoms. The van der Waals surface area contributed by atoms with Gasteiger partial charge in [0.1, 0.15) is 5.92 Å². The third-order valence-electron chi connectivity index (χ3n) is 3.59. The van der Waals surface area contributed by atoms with Crippen LogP contribution in [0.25, 0.3) is 0 Å². The molecular weight excluding hydrogens is 482 g/mol. The standard InChI is InChI=1S/C18H17Br2N3O4/c1-10(17(25)22-14-6-4-3-5-13(14)20)18(26)23-21-9-11-7-12(19)8-15(27-2)16(11)24/h3-10,24H,1-2H3,(H,22,25)(H,23,26). The number of nitrogens with one attached hydrogen (secondary N) is 2. The van der Waals surface area contributed by atoms with Gasteiger partial charge in [0, 0.05) is 14.5 Å². The average Bonchev–Trinajstić information content (AvgIpc) is 2.65. The average molecular weight is 499 g/mol. The molecule has 0 radical (unpaired) electrons. The number of phenols is 1. The number of para-hydroxylation sites is 1. The first-order chi connectivity index (χ1) is 12.8. The van der Waals surface area contributed by atoms with Gasteiger partial charge in [-0.3, -0.25) is 9.59 Å². The number of anilines is 1. The monoisotopic (exact) mass is 497 g/mol. The van der Waals surface area contributed by atoms with E-state index in [1.54, 1.807) is 30.3 Å². The molecule has 142 valence electrons. The Hall–Kier alpha value is -2.39. The molecule has 9 heteroatoms. The molecule has 2 rings (SSSR count). The van der Waals surface area contributed by atoms with Crippen molar-refractivity contribution < 1.29 is 19.4 Å². The van der Waals surface area contributed by atoms with E-state index in [0.717, 1.165) is 0 Å². The highest BCUT2D eigenvalue weighted by molar-refractivity contribution is 9.10. The number of carbonyl (C=O) groups excluding carboxylic acids is 2. The molecule has 0 heterocycles. The van der Waals surface area contributed by atoms with Crippen molar-refractivity contribution in [1.82, 2.24) is 5.43 Å². The normalized spacial score (nSPS) is 11.9. The summed E-state index contributed by atoms with van der Waals surface area (Å²) in [5.74, 6) is -1.88. The molecule has 0 aromatic heterocycles. The number of nitrogens with zero attached hydrogens (tertiary/aromatic N) is 1. The second kappa shape index (κ2) is 9.52. The van der Waals surface area contributed by atoms with Gasteiger partial charge in [-0.1, -0.05) is 28.1 Å². The van der Waals surface area contributed by atoms with Crippen LogP contribution in [0.5, 0.6) is 11.5 Å². The molecule has 0 spiro atoms. The summed E-state index contributed by atoms with van der Waals surface area (Å²) in [7, 11) is 1.43. The van der Waals surface area contributed by atoms with Crippen LogP contribution in [-0.4, -0.2) is 30.2 Å². The fraction of sp³-hybridized carbons (Fsp3) is 0.167. The van der Waals surface area contributed by atoms with Gasteiger partial charge in [0.05, 0.1) is 19.0 Å². The van der Waals surface area contributed by atoms with Gasteiger partial charge in [0.25, 0.3) is 5.91 Å². The fourth-order valence-electron chi connectivity index (χ4n) is 2.03. The first-order valence-corrected chi connectivity index (χ1v) is 9.37. The van der Waals surface area contributed by atoms with Gasteiger partial charge in [0.15, 0.2) is 11.5 Å². The van der Waals surface area contributed by atoms with E-state index in [-0.39, 0.29) is 11.5 Å². The van der Waals surface area contributed by atoms with Crippen molar-refractivity contribution in [3.63, 3.8) is 0 Å². The summed E-state index contributed by atoms with van der Waals surface area (Å²) in [6, 6.07) is 10.3. The van der Waals surface area contributed by atoms with Crippen molar-refractivity contribution in [1.29, 1.82) is 0 Å². The molecule has 2 amide bonds. The van der Waals surface area contributed by atoms with Crippen molar-refractivity contribution in [2.75, 3.05) is 12.4 Å². The van der Waals surface area contributed by atoms with Gasteiger partial charge in [-0.25, -0.2) is 5.43 Å². The SMILES string of the molecule is COc1cc(Br)cc(C=NNC(=O)C(C)C(=O)Nc2ccccc2Br)c1O. The predicted octanol–water partition coefficient (Wildman–Crippen LogP) is 3.65. The van der Waals surface area contributed by atoms with Gasteiger partial charge in [0.2, 0.25) is 5.91 Å². The number of rotatable bonds is 6. The topological polar surface area (TPSA) is 100 Å². The van der Waals surface area contributed by atoms with E-state index in [1.165, 1.54) is 20.2 Å². The van der Waals surface area contributed by atoms with Crippen molar-refractivity contribution >= 4 is 55.6 Å². The third-order valence-corrected chi connectivity index (χ3v) is 4.74. The molecule has 1 unspecified atom stereocenters. The molecule has 2 aromatic rings. The zero-order valence-corrected chi connectivity index (χ0v) is 17.7.